The molecule has 0 radical (unpaired) electrons. The zero-order chi connectivity index (χ0) is 17.7. The Balaban J connectivity index is 1.88. The van der Waals surface area contributed by atoms with Gasteiger partial charge in [-0.05, 0) is 29.8 Å². The molecule has 0 spiro atoms. The van der Waals surface area contributed by atoms with Crippen molar-refractivity contribution in [2.45, 2.75) is 10.5 Å². The van der Waals surface area contributed by atoms with Crippen LogP contribution in [0.2, 0.25) is 15.1 Å². The Morgan fingerprint density at radius 2 is 1.58 bits per heavy atom. The fraction of sp³-hybridized carbons (Fsp3) is 0.200. The molecule has 0 aliphatic carbocycles. The summed E-state index contributed by atoms with van der Waals surface area (Å²) in [6.45, 7) is -0.304. The molecule has 1 aliphatic heterocycles. The second kappa shape index (κ2) is 6.05. The molecule has 0 amide bonds. The van der Waals surface area contributed by atoms with Crippen LogP contribution in [-0.4, -0.2) is 36.0 Å². The number of phenolic OH excluding ortho intramolecular Hbond substituents is 1. The summed E-state index contributed by atoms with van der Waals surface area (Å²) in [6, 6.07) is 8.89. The summed E-state index contributed by atoms with van der Waals surface area (Å²) in [4.78, 5) is -0.391. The highest BCUT2D eigenvalue weighted by atomic mass is 35.5. The Bertz CT molecular complexity index is 894. The summed E-state index contributed by atoms with van der Waals surface area (Å²) in [7, 11) is -4.04. The second-order valence-corrected chi connectivity index (χ2v) is 8.73. The van der Waals surface area contributed by atoms with E-state index in [1.807, 2.05) is 0 Å². The molecule has 1 heterocycles. The number of halogens is 3. The maximum atomic E-state index is 12.6. The number of benzene rings is 2. The Morgan fingerprint density at radius 3 is 2.17 bits per heavy atom. The number of phenols is 1. The molecule has 9 heteroatoms. The summed E-state index contributed by atoms with van der Waals surface area (Å²) in [5, 5.41) is 20.9. The molecule has 0 unspecified atom stereocenters. The maximum absolute atomic E-state index is 12.6. The highest BCUT2D eigenvalue weighted by Gasteiger charge is 2.49. The van der Waals surface area contributed by atoms with Crippen molar-refractivity contribution in [3.05, 3.63) is 57.0 Å². The molecule has 0 atom stereocenters. The third kappa shape index (κ3) is 2.98. The number of aromatic hydroxyl groups is 1. The first-order valence-corrected chi connectivity index (χ1v) is 9.37. The number of hydrogen-bond acceptors (Lipinski definition) is 4. The van der Waals surface area contributed by atoms with Gasteiger partial charge < -0.3 is 10.2 Å². The van der Waals surface area contributed by atoms with Gasteiger partial charge in [-0.1, -0.05) is 46.9 Å². The predicted octanol–water partition coefficient (Wildman–Crippen LogP) is 3.24. The first kappa shape index (κ1) is 17.8. The highest BCUT2D eigenvalue weighted by molar-refractivity contribution is 7.89. The van der Waals surface area contributed by atoms with Gasteiger partial charge in [-0.2, -0.15) is 4.31 Å². The van der Waals surface area contributed by atoms with Crippen molar-refractivity contribution in [3.8, 4) is 5.75 Å². The average molecular weight is 409 g/mol. The highest BCUT2D eigenvalue weighted by Crippen LogP contribution is 2.40. The van der Waals surface area contributed by atoms with E-state index in [1.165, 1.54) is 6.07 Å². The minimum Gasteiger partial charge on any atom is -0.505 e. The Morgan fingerprint density at radius 1 is 1.00 bits per heavy atom. The molecule has 1 saturated heterocycles. The molecule has 128 valence electrons. The van der Waals surface area contributed by atoms with Crippen LogP contribution in [0.1, 0.15) is 5.56 Å². The smallest absolute Gasteiger partial charge is 0.247 e. The van der Waals surface area contributed by atoms with Crippen LogP contribution in [0.25, 0.3) is 0 Å². The molecule has 0 saturated carbocycles. The molecule has 1 aliphatic rings. The molecule has 5 nitrogen and oxygen atoms in total. The molecular weight excluding hydrogens is 397 g/mol. The maximum Gasteiger partial charge on any atom is 0.247 e. The second-order valence-electron chi connectivity index (χ2n) is 5.55. The van der Waals surface area contributed by atoms with Crippen LogP contribution in [0.4, 0.5) is 0 Å². The zero-order valence-electron chi connectivity index (χ0n) is 12.1. The van der Waals surface area contributed by atoms with Crippen molar-refractivity contribution in [2.24, 2.45) is 0 Å². The minimum absolute atomic E-state index is 0.0878. The van der Waals surface area contributed by atoms with Gasteiger partial charge in [-0.25, -0.2) is 8.42 Å². The van der Waals surface area contributed by atoms with Crippen LogP contribution in [0.3, 0.4) is 0 Å². The van der Waals surface area contributed by atoms with Gasteiger partial charge in [-0.3, -0.25) is 0 Å². The summed E-state index contributed by atoms with van der Waals surface area (Å²) in [6.07, 6.45) is 0. The van der Waals surface area contributed by atoms with E-state index in [4.69, 9.17) is 34.8 Å². The quantitative estimate of drug-likeness (QED) is 0.817. The molecule has 2 aromatic rings. The third-order valence-electron chi connectivity index (χ3n) is 3.87. The van der Waals surface area contributed by atoms with Crippen molar-refractivity contribution in [3.63, 3.8) is 0 Å². The van der Waals surface area contributed by atoms with Crippen LogP contribution in [0, 0.1) is 0 Å². The van der Waals surface area contributed by atoms with Crippen molar-refractivity contribution >= 4 is 44.8 Å². The van der Waals surface area contributed by atoms with Crippen LogP contribution in [0.15, 0.2) is 41.3 Å². The fourth-order valence-corrected chi connectivity index (χ4v) is 4.94. The molecule has 0 aromatic heterocycles. The lowest BCUT2D eigenvalue weighted by Crippen LogP contribution is -2.61. The number of sulfonamides is 1. The van der Waals surface area contributed by atoms with E-state index in [1.54, 1.807) is 24.3 Å². The van der Waals surface area contributed by atoms with Gasteiger partial charge in [0.05, 0.1) is 5.02 Å². The van der Waals surface area contributed by atoms with Crippen molar-refractivity contribution in [1.29, 1.82) is 0 Å². The van der Waals surface area contributed by atoms with E-state index in [0.29, 0.717) is 10.6 Å². The van der Waals surface area contributed by atoms with Gasteiger partial charge in [-0.15, -0.1) is 0 Å². The molecular formula is C15H12Cl3NO4S. The SMILES string of the molecule is O=S(=O)(c1cc(Cl)cc(Cl)c1O)N1CC(O)(c2ccc(Cl)cc2)C1. The Kier molecular flexibility index (Phi) is 4.49. The number of hydrogen-bond donors (Lipinski definition) is 2. The van der Waals surface area contributed by atoms with Gasteiger partial charge in [0.1, 0.15) is 10.5 Å². The van der Waals surface area contributed by atoms with Gasteiger partial charge in [0, 0.05) is 23.1 Å². The lowest BCUT2D eigenvalue weighted by atomic mass is 9.88. The first-order chi connectivity index (χ1) is 11.1. The lowest BCUT2D eigenvalue weighted by Gasteiger charge is -2.45. The van der Waals surface area contributed by atoms with E-state index < -0.39 is 26.3 Å². The molecule has 2 aromatic carbocycles. The molecule has 1 fully saturated rings. The summed E-state index contributed by atoms with van der Waals surface area (Å²) >= 11 is 17.4. The summed E-state index contributed by atoms with van der Waals surface area (Å²) in [5.74, 6) is -0.567. The number of nitrogens with zero attached hydrogens (tertiary/aromatic N) is 1. The van der Waals surface area contributed by atoms with E-state index in [2.05, 4.69) is 0 Å². The minimum atomic E-state index is -4.04. The van der Waals surface area contributed by atoms with E-state index >= 15 is 0 Å². The molecule has 24 heavy (non-hydrogen) atoms. The van der Waals surface area contributed by atoms with E-state index in [0.717, 1.165) is 10.4 Å². The largest absolute Gasteiger partial charge is 0.505 e. The van der Waals surface area contributed by atoms with Gasteiger partial charge in [0.25, 0.3) is 0 Å². The lowest BCUT2D eigenvalue weighted by molar-refractivity contribution is -0.0648. The van der Waals surface area contributed by atoms with Crippen LogP contribution in [0.5, 0.6) is 5.75 Å². The number of β-amino-alcohol motifs (C(OH)–C–C–N with tert-alkyl or cyclic N) is 1. The van der Waals surface area contributed by atoms with Crippen molar-refractivity contribution in [2.75, 3.05) is 13.1 Å². The standard InChI is InChI=1S/C15H12Cl3NO4S/c16-10-3-1-9(2-4-10)15(21)7-19(8-15)24(22,23)13-6-11(17)5-12(18)14(13)20/h1-6,20-21H,7-8H2. The third-order valence-corrected chi connectivity index (χ3v) is 6.43. The number of aliphatic hydroxyl groups is 1. The average Bonchev–Trinajstić information content (AvgIpc) is 2.48. The molecule has 0 bridgehead atoms. The van der Waals surface area contributed by atoms with Crippen molar-refractivity contribution < 1.29 is 18.6 Å². The Labute approximate surface area is 154 Å². The van der Waals surface area contributed by atoms with Crippen LogP contribution < -0.4 is 0 Å². The van der Waals surface area contributed by atoms with E-state index in [-0.39, 0.29) is 23.1 Å². The van der Waals surface area contributed by atoms with E-state index in [9.17, 15) is 18.6 Å². The van der Waals surface area contributed by atoms with Crippen LogP contribution in [-0.2, 0) is 15.6 Å². The Hall–Kier alpha value is -1.02. The predicted molar refractivity (Wildman–Crippen MR) is 92.2 cm³/mol. The van der Waals surface area contributed by atoms with Crippen LogP contribution >= 0.6 is 34.8 Å². The van der Waals surface area contributed by atoms with Crippen molar-refractivity contribution in [1.82, 2.24) is 4.31 Å². The number of rotatable bonds is 3. The monoisotopic (exact) mass is 407 g/mol. The fourth-order valence-electron chi connectivity index (χ4n) is 2.53. The summed E-state index contributed by atoms with van der Waals surface area (Å²) < 4.78 is 26.3. The topological polar surface area (TPSA) is 77.8 Å². The molecule has 2 N–H and O–H groups in total. The van der Waals surface area contributed by atoms with Gasteiger partial charge in [0.2, 0.25) is 10.0 Å². The zero-order valence-corrected chi connectivity index (χ0v) is 15.2. The first-order valence-electron chi connectivity index (χ1n) is 6.80. The normalized spacial score (nSPS) is 17.5. The molecule has 3 rings (SSSR count). The van der Waals surface area contributed by atoms with Gasteiger partial charge in [0.15, 0.2) is 5.75 Å². The van der Waals surface area contributed by atoms with Gasteiger partial charge >= 0.3 is 0 Å². The summed E-state index contributed by atoms with van der Waals surface area (Å²) in [5.41, 5.74) is -0.748.